The second-order valence-electron chi connectivity index (χ2n) is 7.93. The quantitative estimate of drug-likeness (QED) is 0.785. The minimum atomic E-state index is -0.401. The second-order valence-corrected chi connectivity index (χ2v) is 7.93. The van der Waals surface area contributed by atoms with E-state index in [1.54, 1.807) is 29.5 Å². The molecule has 1 fully saturated rings. The topological polar surface area (TPSA) is 95.5 Å². The van der Waals surface area contributed by atoms with Crippen LogP contribution in [0.5, 0.6) is 11.5 Å². The van der Waals surface area contributed by atoms with Gasteiger partial charge in [-0.2, -0.15) is 5.10 Å². The molecule has 2 aromatic rings. The molecule has 0 saturated carbocycles. The molecule has 3 heterocycles. The number of fused-ring (bicyclic) bond motifs is 2. The van der Waals surface area contributed by atoms with Crippen LogP contribution in [0.4, 0.5) is 5.69 Å². The van der Waals surface area contributed by atoms with E-state index < -0.39 is 6.04 Å². The van der Waals surface area contributed by atoms with Gasteiger partial charge in [0.1, 0.15) is 18.9 Å². The predicted molar refractivity (Wildman–Crippen MR) is 113 cm³/mol. The molecule has 2 N–H and O–H groups in total. The first-order chi connectivity index (χ1) is 15.0. The van der Waals surface area contributed by atoms with Crippen LogP contribution in [0.2, 0.25) is 0 Å². The van der Waals surface area contributed by atoms with Crippen LogP contribution in [0.3, 0.4) is 0 Å². The summed E-state index contributed by atoms with van der Waals surface area (Å²) < 4.78 is 10.6. The van der Waals surface area contributed by atoms with E-state index in [1.165, 1.54) is 16.1 Å². The lowest BCUT2D eigenvalue weighted by Crippen LogP contribution is -2.52. The van der Waals surface area contributed by atoms with Crippen molar-refractivity contribution in [2.45, 2.75) is 32.4 Å². The minimum Gasteiger partial charge on any atom is -0.454 e. The highest BCUT2D eigenvalue weighted by molar-refractivity contribution is 5.96. The molecule has 0 aromatic heterocycles. The third-order valence-electron chi connectivity index (χ3n) is 5.84. The van der Waals surface area contributed by atoms with E-state index in [1.807, 2.05) is 0 Å². The number of hydrogen-bond donors (Lipinski definition) is 2. The molecular weight excluding hydrogens is 398 g/mol. The van der Waals surface area contributed by atoms with Crippen molar-refractivity contribution in [2.24, 2.45) is 5.10 Å². The Morgan fingerprint density at radius 1 is 1.16 bits per heavy atom. The standard InChI is InChI=1S/C22H23N5O4/c1-13-3-4-15(7-14(13)2)17-9-18-22(29)26(23-11-27(18)25-17)10-21(28)24-16-5-6-19-20(8-16)31-12-30-19/h3-8,11,17-18,25H,9-10,12H2,1-2H3,(H,24,28). The van der Waals surface area contributed by atoms with E-state index in [0.29, 0.717) is 23.6 Å². The summed E-state index contributed by atoms with van der Waals surface area (Å²) in [6.07, 6.45) is 2.18. The van der Waals surface area contributed by atoms with Gasteiger partial charge in [-0.05, 0) is 49.1 Å². The molecule has 3 aliphatic heterocycles. The molecule has 5 rings (SSSR count). The number of hydrogen-bond acceptors (Lipinski definition) is 7. The van der Waals surface area contributed by atoms with Gasteiger partial charge < -0.3 is 14.8 Å². The number of nitrogens with one attached hydrogen (secondary N) is 2. The van der Waals surface area contributed by atoms with Gasteiger partial charge in [0.2, 0.25) is 12.7 Å². The number of nitrogens with zero attached hydrogens (tertiary/aromatic N) is 3. The molecule has 0 bridgehead atoms. The molecule has 2 atom stereocenters. The summed E-state index contributed by atoms with van der Waals surface area (Å²) in [4.78, 5) is 25.5. The second kappa shape index (κ2) is 7.59. The number of amides is 2. The van der Waals surface area contributed by atoms with Crippen molar-refractivity contribution in [3.05, 3.63) is 53.1 Å². The third-order valence-corrected chi connectivity index (χ3v) is 5.84. The van der Waals surface area contributed by atoms with Crippen LogP contribution >= 0.6 is 0 Å². The van der Waals surface area contributed by atoms with Gasteiger partial charge >= 0.3 is 0 Å². The Morgan fingerprint density at radius 3 is 2.84 bits per heavy atom. The Bertz CT molecular complexity index is 1090. The molecule has 9 nitrogen and oxygen atoms in total. The number of carbonyl (C=O) groups is 2. The molecule has 0 spiro atoms. The summed E-state index contributed by atoms with van der Waals surface area (Å²) in [5.74, 6) is 0.674. The number of ether oxygens (including phenoxy) is 2. The molecule has 0 radical (unpaired) electrons. The van der Waals surface area contributed by atoms with Crippen LogP contribution in [-0.4, -0.2) is 47.6 Å². The summed E-state index contributed by atoms with van der Waals surface area (Å²) in [7, 11) is 0. The van der Waals surface area contributed by atoms with E-state index in [9.17, 15) is 9.59 Å². The molecule has 2 unspecified atom stereocenters. The SMILES string of the molecule is Cc1ccc(C2CC3C(=O)N(CC(=O)Nc4ccc5c(c4)OCO5)N=CN3N2)cc1C. The van der Waals surface area contributed by atoms with Crippen molar-refractivity contribution in [1.82, 2.24) is 15.4 Å². The number of benzene rings is 2. The fourth-order valence-electron chi connectivity index (χ4n) is 3.96. The van der Waals surface area contributed by atoms with Crippen LogP contribution in [0.15, 0.2) is 41.5 Å². The van der Waals surface area contributed by atoms with Crippen molar-refractivity contribution in [1.29, 1.82) is 0 Å². The van der Waals surface area contributed by atoms with Gasteiger partial charge in [-0.1, -0.05) is 18.2 Å². The Balaban J connectivity index is 1.23. The zero-order valence-electron chi connectivity index (χ0n) is 17.3. The molecule has 0 aliphatic carbocycles. The first-order valence-electron chi connectivity index (χ1n) is 10.1. The summed E-state index contributed by atoms with van der Waals surface area (Å²) >= 11 is 0. The van der Waals surface area contributed by atoms with Crippen molar-refractivity contribution >= 4 is 23.8 Å². The molecule has 1 saturated heterocycles. The maximum Gasteiger partial charge on any atom is 0.267 e. The Morgan fingerprint density at radius 2 is 2.00 bits per heavy atom. The zero-order chi connectivity index (χ0) is 21.5. The molecule has 9 heteroatoms. The fourth-order valence-corrected chi connectivity index (χ4v) is 3.96. The average molecular weight is 421 g/mol. The van der Waals surface area contributed by atoms with Gasteiger partial charge in [0.05, 0.1) is 6.04 Å². The summed E-state index contributed by atoms with van der Waals surface area (Å²) in [5.41, 5.74) is 7.48. The Hall–Kier alpha value is -3.59. The van der Waals surface area contributed by atoms with Gasteiger partial charge in [-0.25, -0.2) is 10.4 Å². The number of rotatable bonds is 4. The van der Waals surface area contributed by atoms with Crippen molar-refractivity contribution < 1.29 is 19.1 Å². The zero-order valence-corrected chi connectivity index (χ0v) is 17.3. The van der Waals surface area contributed by atoms with Crippen LogP contribution in [0.1, 0.15) is 29.2 Å². The van der Waals surface area contributed by atoms with Crippen LogP contribution < -0.4 is 20.2 Å². The maximum absolute atomic E-state index is 13.0. The third kappa shape index (κ3) is 3.68. The minimum absolute atomic E-state index is 0.0158. The van der Waals surface area contributed by atoms with E-state index >= 15 is 0 Å². The summed E-state index contributed by atoms with van der Waals surface area (Å²) in [6.45, 7) is 4.16. The Labute approximate surface area is 179 Å². The summed E-state index contributed by atoms with van der Waals surface area (Å²) in [6, 6.07) is 11.1. The number of aryl methyl sites for hydroxylation is 2. The van der Waals surface area contributed by atoms with E-state index in [2.05, 4.69) is 47.9 Å². The number of carbonyl (C=O) groups excluding carboxylic acids is 2. The van der Waals surface area contributed by atoms with Gasteiger partial charge in [0.15, 0.2) is 11.5 Å². The molecule has 2 aromatic carbocycles. The Kier molecular flexibility index (Phi) is 4.74. The van der Waals surface area contributed by atoms with Crippen LogP contribution in [0, 0.1) is 13.8 Å². The first kappa shape index (κ1) is 19.4. The lowest BCUT2D eigenvalue weighted by molar-refractivity contribution is -0.139. The molecule has 2 amide bonds. The largest absolute Gasteiger partial charge is 0.454 e. The van der Waals surface area contributed by atoms with Crippen molar-refractivity contribution in [3.63, 3.8) is 0 Å². The highest BCUT2D eigenvalue weighted by Gasteiger charge is 2.41. The van der Waals surface area contributed by atoms with Gasteiger partial charge in [0.25, 0.3) is 5.91 Å². The number of hydrazone groups is 1. The van der Waals surface area contributed by atoms with Gasteiger partial charge in [-0.3, -0.25) is 14.6 Å². The lowest BCUT2D eigenvalue weighted by Gasteiger charge is -2.29. The first-order valence-corrected chi connectivity index (χ1v) is 10.1. The van der Waals surface area contributed by atoms with Crippen molar-refractivity contribution in [2.75, 3.05) is 18.7 Å². The van der Waals surface area contributed by atoms with Crippen LogP contribution in [0.25, 0.3) is 0 Å². The van der Waals surface area contributed by atoms with Gasteiger partial charge in [-0.15, -0.1) is 0 Å². The number of hydrazine groups is 1. The normalized spacial score (nSPS) is 21.4. The molecule has 160 valence electrons. The molecular formula is C22H23N5O4. The summed E-state index contributed by atoms with van der Waals surface area (Å²) in [5, 5.41) is 9.89. The van der Waals surface area contributed by atoms with E-state index in [0.717, 1.165) is 5.56 Å². The van der Waals surface area contributed by atoms with Crippen molar-refractivity contribution in [3.8, 4) is 11.5 Å². The smallest absolute Gasteiger partial charge is 0.267 e. The molecule has 3 aliphatic rings. The maximum atomic E-state index is 13.0. The van der Waals surface area contributed by atoms with Crippen LogP contribution in [-0.2, 0) is 9.59 Å². The average Bonchev–Trinajstić information content (AvgIpc) is 3.39. The highest BCUT2D eigenvalue weighted by Crippen LogP contribution is 2.34. The van der Waals surface area contributed by atoms with E-state index in [-0.39, 0.29) is 31.2 Å². The predicted octanol–water partition coefficient (Wildman–Crippen LogP) is 2.08. The fraction of sp³-hybridized carbons (Fsp3) is 0.318. The monoisotopic (exact) mass is 421 g/mol. The lowest BCUT2D eigenvalue weighted by atomic mass is 9.98. The van der Waals surface area contributed by atoms with E-state index in [4.69, 9.17) is 9.47 Å². The molecule has 31 heavy (non-hydrogen) atoms. The number of anilines is 1. The van der Waals surface area contributed by atoms with Gasteiger partial charge in [0, 0.05) is 11.8 Å². The highest BCUT2D eigenvalue weighted by atomic mass is 16.7.